The fourth-order valence-corrected chi connectivity index (χ4v) is 3.08. The van der Waals surface area contributed by atoms with Gasteiger partial charge in [0.1, 0.15) is 0 Å². The lowest BCUT2D eigenvalue weighted by Crippen LogP contribution is -2.49. The number of piperidine rings is 1. The van der Waals surface area contributed by atoms with Crippen molar-refractivity contribution in [1.82, 2.24) is 0 Å². The van der Waals surface area contributed by atoms with E-state index in [1.165, 1.54) is 0 Å². The lowest BCUT2D eigenvalue weighted by molar-refractivity contribution is -0.161. The average molecular weight is 269 g/mol. The Hall–Kier alpha value is -0.970. The molecule has 5 heteroatoms. The Morgan fingerprint density at radius 2 is 2.06 bits per heavy atom. The molecule has 3 rings (SSSR count). The van der Waals surface area contributed by atoms with Gasteiger partial charge in [0.25, 0.3) is 0 Å². The number of nitrogen functional groups attached to an aromatic ring is 1. The van der Waals surface area contributed by atoms with Crippen LogP contribution in [0.3, 0.4) is 0 Å². The molecule has 2 aliphatic heterocycles. The number of benzene rings is 1. The van der Waals surface area contributed by atoms with Crippen LogP contribution in [0, 0.1) is 0 Å². The molecule has 2 aliphatic rings. The van der Waals surface area contributed by atoms with Gasteiger partial charge in [-0.2, -0.15) is 0 Å². The van der Waals surface area contributed by atoms with Crippen LogP contribution in [0.1, 0.15) is 12.8 Å². The Morgan fingerprint density at radius 3 is 2.78 bits per heavy atom. The third-order valence-electron chi connectivity index (χ3n) is 3.57. The number of hydrogen-bond donors (Lipinski definition) is 1. The fraction of sp³-hybridized carbons (Fsp3) is 0.538. The smallest absolute Gasteiger partial charge is 0.186 e. The highest BCUT2D eigenvalue weighted by Crippen LogP contribution is 2.38. The highest BCUT2D eigenvalue weighted by atomic mass is 35.5. The van der Waals surface area contributed by atoms with E-state index in [9.17, 15) is 0 Å². The minimum Gasteiger partial charge on any atom is -0.397 e. The summed E-state index contributed by atoms with van der Waals surface area (Å²) in [4.78, 5) is 2.17. The van der Waals surface area contributed by atoms with Gasteiger partial charge >= 0.3 is 0 Å². The van der Waals surface area contributed by atoms with Crippen LogP contribution in [0.15, 0.2) is 18.2 Å². The molecular weight excluding hydrogens is 252 g/mol. The Kier molecular flexibility index (Phi) is 3.09. The van der Waals surface area contributed by atoms with E-state index in [2.05, 4.69) is 4.90 Å². The maximum atomic E-state index is 6.25. The Morgan fingerprint density at radius 1 is 1.28 bits per heavy atom. The summed E-state index contributed by atoms with van der Waals surface area (Å²) < 4.78 is 11.5. The predicted molar refractivity (Wildman–Crippen MR) is 71.9 cm³/mol. The van der Waals surface area contributed by atoms with E-state index in [0.29, 0.717) is 30.5 Å². The Labute approximate surface area is 112 Å². The van der Waals surface area contributed by atoms with Gasteiger partial charge < -0.3 is 20.1 Å². The highest BCUT2D eigenvalue weighted by Gasteiger charge is 2.41. The van der Waals surface area contributed by atoms with Crippen molar-refractivity contribution in [3.63, 3.8) is 0 Å². The molecule has 0 unspecified atom stereocenters. The quantitative estimate of drug-likeness (QED) is 0.794. The lowest BCUT2D eigenvalue weighted by atomic mass is 10.0. The highest BCUT2D eigenvalue weighted by molar-refractivity contribution is 6.34. The molecule has 18 heavy (non-hydrogen) atoms. The first-order chi connectivity index (χ1) is 8.70. The van der Waals surface area contributed by atoms with Crippen molar-refractivity contribution in [3.8, 4) is 0 Å². The van der Waals surface area contributed by atoms with Crippen molar-refractivity contribution < 1.29 is 9.47 Å². The molecule has 1 spiro atoms. The van der Waals surface area contributed by atoms with Crippen molar-refractivity contribution in [2.45, 2.75) is 18.6 Å². The summed E-state index contributed by atoms with van der Waals surface area (Å²) >= 11 is 6.25. The van der Waals surface area contributed by atoms with E-state index < -0.39 is 5.79 Å². The maximum Gasteiger partial charge on any atom is 0.186 e. The molecule has 0 saturated carbocycles. The Balaban J connectivity index is 1.88. The number of rotatable bonds is 1. The van der Waals surface area contributed by atoms with Gasteiger partial charge in [-0.15, -0.1) is 0 Å². The first-order valence-corrected chi connectivity index (χ1v) is 6.65. The standard InChI is InChI=1S/C13H17ClN2O2/c14-10-3-1-4-11(15)12(10)16-6-2-5-13(9-16)17-7-8-18-13/h1,3-4H,2,5-9,15H2. The van der Waals surface area contributed by atoms with Gasteiger partial charge in [-0.1, -0.05) is 17.7 Å². The van der Waals surface area contributed by atoms with E-state index in [4.69, 9.17) is 26.8 Å². The lowest BCUT2D eigenvalue weighted by Gasteiger charge is -2.40. The molecule has 98 valence electrons. The van der Waals surface area contributed by atoms with Gasteiger partial charge in [-0.05, 0) is 18.6 Å². The molecule has 2 saturated heterocycles. The zero-order chi connectivity index (χ0) is 12.6. The molecule has 0 atom stereocenters. The first kappa shape index (κ1) is 12.1. The fourth-order valence-electron chi connectivity index (χ4n) is 2.78. The summed E-state index contributed by atoms with van der Waals surface area (Å²) in [5, 5.41) is 0.685. The third-order valence-corrected chi connectivity index (χ3v) is 3.87. The summed E-state index contributed by atoms with van der Waals surface area (Å²) in [6, 6.07) is 5.60. The van der Waals surface area contributed by atoms with E-state index in [-0.39, 0.29) is 0 Å². The minimum absolute atomic E-state index is 0.455. The van der Waals surface area contributed by atoms with E-state index in [1.807, 2.05) is 18.2 Å². The number of anilines is 2. The molecule has 0 bridgehead atoms. The second kappa shape index (κ2) is 4.61. The normalized spacial score (nSPS) is 22.6. The SMILES string of the molecule is Nc1cccc(Cl)c1N1CCCC2(C1)OCCO2. The first-order valence-electron chi connectivity index (χ1n) is 6.27. The number of hydrogen-bond acceptors (Lipinski definition) is 4. The van der Waals surface area contributed by atoms with Gasteiger partial charge in [-0.3, -0.25) is 0 Å². The molecule has 4 nitrogen and oxygen atoms in total. The van der Waals surface area contributed by atoms with Crippen LogP contribution >= 0.6 is 11.6 Å². The van der Waals surface area contributed by atoms with Crippen LogP contribution in [0.2, 0.25) is 5.02 Å². The van der Waals surface area contributed by atoms with Crippen molar-refractivity contribution in [2.75, 3.05) is 36.9 Å². The van der Waals surface area contributed by atoms with Crippen molar-refractivity contribution >= 4 is 23.0 Å². The maximum absolute atomic E-state index is 6.25. The molecule has 2 N–H and O–H groups in total. The van der Waals surface area contributed by atoms with E-state index in [0.717, 1.165) is 25.1 Å². The van der Waals surface area contributed by atoms with Crippen LogP contribution in [0.5, 0.6) is 0 Å². The van der Waals surface area contributed by atoms with Crippen LogP contribution < -0.4 is 10.6 Å². The van der Waals surface area contributed by atoms with Gasteiger partial charge in [0, 0.05) is 13.0 Å². The topological polar surface area (TPSA) is 47.7 Å². The molecule has 1 aromatic rings. The van der Waals surface area contributed by atoms with Crippen LogP contribution in [0.25, 0.3) is 0 Å². The monoisotopic (exact) mass is 268 g/mol. The molecule has 1 aromatic carbocycles. The zero-order valence-corrected chi connectivity index (χ0v) is 10.9. The summed E-state index contributed by atoms with van der Waals surface area (Å²) in [6.45, 7) is 2.97. The average Bonchev–Trinajstić information content (AvgIpc) is 2.77. The zero-order valence-electron chi connectivity index (χ0n) is 10.2. The third kappa shape index (κ3) is 2.05. The van der Waals surface area contributed by atoms with Gasteiger partial charge in [-0.25, -0.2) is 0 Å². The predicted octanol–water partition coefficient (Wildman–Crippen LogP) is 2.27. The van der Waals surface area contributed by atoms with Gasteiger partial charge in [0.05, 0.1) is 36.2 Å². The molecule has 0 radical (unpaired) electrons. The van der Waals surface area contributed by atoms with Crippen LogP contribution in [0.4, 0.5) is 11.4 Å². The summed E-state index contributed by atoms with van der Waals surface area (Å²) in [5.41, 5.74) is 7.64. The molecule has 2 fully saturated rings. The second-order valence-electron chi connectivity index (χ2n) is 4.81. The van der Waals surface area contributed by atoms with E-state index in [1.54, 1.807) is 0 Å². The largest absolute Gasteiger partial charge is 0.397 e. The molecule has 2 heterocycles. The van der Waals surface area contributed by atoms with Crippen molar-refractivity contribution in [1.29, 1.82) is 0 Å². The number of nitrogens with zero attached hydrogens (tertiary/aromatic N) is 1. The van der Waals surface area contributed by atoms with Gasteiger partial charge in [0.2, 0.25) is 0 Å². The minimum atomic E-state index is -0.455. The van der Waals surface area contributed by atoms with Crippen LogP contribution in [-0.2, 0) is 9.47 Å². The summed E-state index contributed by atoms with van der Waals surface area (Å²) in [5.74, 6) is -0.455. The van der Waals surface area contributed by atoms with Crippen molar-refractivity contribution in [2.24, 2.45) is 0 Å². The van der Waals surface area contributed by atoms with Gasteiger partial charge in [0.15, 0.2) is 5.79 Å². The molecular formula is C13H17ClN2O2. The van der Waals surface area contributed by atoms with Crippen LogP contribution in [-0.4, -0.2) is 32.1 Å². The second-order valence-corrected chi connectivity index (χ2v) is 5.22. The van der Waals surface area contributed by atoms with Crippen molar-refractivity contribution in [3.05, 3.63) is 23.2 Å². The molecule has 0 aliphatic carbocycles. The summed E-state index contributed by atoms with van der Waals surface area (Å²) in [7, 11) is 0. The Bertz CT molecular complexity index is 426. The van der Waals surface area contributed by atoms with E-state index >= 15 is 0 Å². The summed E-state index contributed by atoms with van der Waals surface area (Å²) in [6.07, 6.45) is 1.96. The molecule has 0 aromatic heterocycles. The number of halogens is 1. The number of nitrogens with two attached hydrogens (primary N) is 1. The number of para-hydroxylation sites is 1. The molecule has 0 amide bonds. The number of ether oxygens (including phenoxy) is 2.